The largest absolute Gasteiger partial charge is 0.504 e. The Balaban J connectivity index is 1.73. The maximum atomic E-state index is 10.5. The zero-order valence-electron chi connectivity index (χ0n) is 16.8. The molecule has 4 rings (SSSR count). The van der Waals surface area contributed by atoms with E-state index in [-0.39, 0.29) is 44.5 Å². The van der Waals surface area contributed by atoms with Crippen LogP contribution in [0.25, 0.3) is 0 Å². The van der Waals surface area contributed by atoms with Gasteiger partial charge in [-0.05, 0) is 48.5 Å². The summed E-state index contributed by atoms with van der Waals surface area (Å²) in [5.74, 6) is 0.824. The van der Waals surface area contributed by atoms with Crippen molar-refractivity contribution in [2.45, 2.75) is 0 Å². The van der Waals surface area contributed by atoms with Crippen LogP contribution in [0, 0.1) is 0 Å². The SMILES string of the molecule is Oc1cc(Cl)cc(Oc2cc(Cl)ccc2Oc2ccc(Cl)cc2Cl)c1Oc1ccc(Cl)cc1Cl. The number of phenolic OH excluding ortho intramolecular Hbond substituents is 1. The van der Waals surface area contributed by atoms with Crippen molar-refractivity contribution in [1.29, 1.82) is 0 Å². The standard InChI is InChI=1S/C24H12Cl6O4/c25-12-1-4-19(16(29)7-12)32-21-6-3-14(27)10-22(21)33-23-11-15(28)9-18(31)24(23)34-20-5-2-13(26)8-17(20)30/h1-11,31H. The Labute approximate surface area is 225 Å². The smallest absolute Gasteiger partial charge is 0.211 e. The molecular weight excluding hydrogens is 565 g/mol. The van der Waals surface area contributed by atoms with Crippen LogP contribution >= 0.6 is 69.6 Å². The van der Waals surface area contributed by atoms with Crippen molar-refractivity contribution in [2.24, 2.45) is 0 Å². The molecule has 0 aromatic heterocycles. The van der Waals surface area contributed by atoms with E-state index in [0.29, 0.717) is 25.8 Å². The van der Waals surface area contributed by atoms with Gasteiger partial charge in [0.05, 0.1) is 10.0 Å². The summed E-state index contributed by atoms with van der Waals surface area (Å²) in [5, 5.41) is 12.5. The Bertz CT molecular complexity index is 1380. The predicted molar refractivity (Wildman–Crippen MR) is 138 cm³/mol. The lowest BCUT2D eigenvalue weighted by molar-refractivity contribution is 0.371. The number of hydrogen-bond acceptors (Lipinski definition) is 4. The van der Waals surface area contributed by atoms with E-state index in [4.69, 9.17) is 83.8 Å². The van der Waals surface area contributed by atoms with Crippen molar-refractivity contribution in [3.05, 3.63) is 96.9 Å². The predicted octanol–water partition coefficient (Wildman–Crippen LogP) is 10.7. The average molecular weight is 577 g/mol. The minimum Gasteiger partial charge on any atom is -0.504 e. The molecule has 0 amide bonds. The van der Waals surface area contributed by atoms with Crippen molar-refractivity contribution in [2.75, 3.05) is 0 Å². The van der Waals surface area contributed by atoms with Crippen LogP contribution in [0.2, 0.25) is 30.1 Å². The number of aromatic hydroxyl groups is 1. The summed E-state index contributed by atoms with van der Waals surface area (Å²) < 4.78 is 17.8. The molecule has 0 aliphatic rings. The van der Waals surface area contributed by atoms with Gasteiger partial charge < -0.3 is 19.3 Å². The summed E-state index contributed by atoms with van der Waals surface area (Å²) >= 11 is 36.7. The van der Waals surface area contributed by atoms with Gasteiger partial charge in [0.25, 0.3) is 0 Å². The summed E-state index contributed by atoms with van der Waals surface area (Å²) in [6.45, 7) is 0. The lowest BCUT2D eigenvalue weighted by Gasteiger charge is -2.17. The molecule has 4 aromatic carbocycles. The van der Waals surface area contributed by atoms with Crippen molar-refractivity contribution in [1.82, 2.24) is 0 Å². The van der Waals surface area contributed by atoms with E-state index in [2.05, 4.69) is 0 Å². The second-order valence-electron chi connectivity index (χ2n) is 6.80. The number of rotatable bonds is 6. The number of hydrogen-bond donors (Lipinski definition) is 1. The van der Waals surface area contributed by atoms with Gasteiger partial charge in [-0.15, -0.1) is 0 Å². The number of halogens is 6. The summed E-state index contributed by atoms with van der Waals surface area (Å²) in [7, 11) is 0. The van der Waals surface area contributed by atoms with E-state index in [1.54, 1.807) is 42.5 Å². The van der Waals surface area contributed by atoms with Gasteiger partial charge in [0.2, 0.25) is 5.75 Å². The van der Waals surface area contributed by atoms with Gasteiger partial charge in [-0.25, -0.2) is 0 Å². The van der Waals surface area contributed by atoms with Crippen LogP contribution in [0.4, 0.5) is 0 Å². The van der Waals surface area contributed by atoms with Gasteiger partial charge in [-0.1, -0.05) is 69.6 Å². The first-order chi connectivity index (χ1) is 16.2. The van der Waals surface area contributed by atoms with Crippen LogP contribution in [-0.4, -0.2) is 5.11 Å². The third kappa shape index (κ3) is 5.89. The normalized spacial score (nSPS) is 10.8. The lowest BCUT2D eigenvalue weighted by atomic mass is 10.2. The first-order valence-electron chi connectivity index (χ1n) is 9.45. The zero-order chi connectivity index (χ0) is 24.4. The van der Waals surface area contributed by atoms with Crippen molar-refractivity contribution < 1.29 is 19.3 Å². The van der Waals surface area contributed by atoms with Crippen LogP contribution in [0.15, 0.2) is 66.7 Å². The van der Waals surface area contributed by atoms with E-state index in [1.807, 2.05) is 0 Å². The fourth-order valence-electron chi connectivity index (χ4n) is 2.84. The molecule has 174 valence electrons. The van der Waals surface area contributed by atoms with Crippen LogP contribution in [0.5, 0.6) is 40.2 Å². The third-order valence-corrected chi connectivity index (χ3v) is 5.86. The average Bonchev–Trinajstić information content (AvgIpc) is 2.75. The van der Waals surface area contributed by atoms with Gasteiger partial charge in [0.1, 0.15) is 11.5 Å². The monoisotopic (exact) mass is 574 g/mol. The van der Waals surface area contributed by atoms with Crippen LogP contribution in [0.3, 0.4) is 0 Å². The first kappa shape index (κ1) is 24.9. The molecule has 0 fully saturated rings. The highest BCUT2D eigenvalue weighted by molar-refractivity contribution is 6.36. The van der Waals surface area contributed by atoms with E-state index in [1.165, 1.54) is 24.3 Å². The topological polar surface area (TPSA) is 47.9 Å². The fourth-order valence-corrected chi connectivity index (χ4v) is 4.10. The molecule has 34 heavy (non-hydrogen) atoms. The first-order valence-corrected chi connectivity index (χ1v) is 11.7. The van der Waals surface area contributed by atoms with Crippen LogP contribution in [0.1, 0.15) is 0 Å². The highest BCUT2D eigenvalue weighted by Crippen LogP contribution is 2.47. The minimum atomic E-state index is -0.279. The summed E-state index contributed by atoms with van der Waals surface area (Å²) in [6.07, 6.45) is 0. The van der Waals surface area contributed by atoms with E-state index < -0.39 is 0 Å². The Morgan fingerprint density at radius 2 is 0.912 bits per heavy atom. The Hall–Kier alpha value is -2.18. The maximum absolute atomic E-state index is 10.5. The summed E-state index contributed by atoms with van der Waals surface area (Å²) in [4.78, 5) is 0. The molecule has 0 bridgehead atoms. The molecule has 0 radical (unpaired) electrons. The highest BCUT2D eigenvalue weighted by Gasteiger charge is 2.19. The van der Waals surface area contributed by atoms with Gasteiger partial charge >= 0.3 is 0 Å². The molecular formula is C24H12Cl6O4. The molecule has 0 heterocycles. The molecule has 0 aliphatic heterocycles. The molecule has 0 atom stereocenters. The molecule has 4 nitrogen and oxygen atoms in total. The Morgan fingerprint density at radius 1 is 0.441 bits per heavy atom. The van der Waals surface area contributed by atoms with Crippen molar-refractivity contribution in [3.8, 4) is 40.2 Å². The summed E-state index contributed by atoms with van der Waals surface area (Å²) in [5.41, 5.74) is 0. The van der Waals surface area contributed by atoms with E-state index >= 15 is 0 Å². The second-order valence-corrected chi connectivity index (χ2v) is 9.36. The van der Waals surface area contributed by atoms with Crippen LogP contribution in [-0.2, 0) is 0 Å². The Morgan fingerprint density at radius 3 is 1.50 bits per heavy atom. The second kappa shape index (κ2) is 10.6. The lowest BCUT2D eigenvalue weighted by Crippen LogP contribution is -1.95. The molecule has 1 N–H and O–H groups in total. The number of ether oxygens (including phenoxy) is 3. The Kier molecular flexibility index (Phi) is 7.78. The van der Waals surface area contributed by atoms with E-state index in [9.17, 15) is 5.11 Å². The van der Waals surface area contributed by atoms with Gasteiger partial charge in [0.15, 0.2) is 23.0 Å². The number of benzene rings is 4. The maximum Gasteiger partial charge on any atom is 0.211 e. The molecule has 0 spiro atoms. The molecule has 10 heteroatoms. The van der Waals surface area contributed by atoms with E-state index in [0.717, 1.165) is 0 Å². The van der Waals surface area contributed by atoms with Gasteiger partial charge in [-0.3, -0.25) is 0 Å². The third-order valence-electron chi connectivity index (χ3n) is 4.35. The molecule has 0 unspecified atom stereocenters. The summed E-state index contributed by atoms with van der Waals surface area (Å²) in [6, 6.07) is 17.0. The zero-order valence-corrected chi connectivity index (χ0v) is 21.3. The molecule has 0 saturated heterocycles. The van der Waals surface area contributed by atoms with Crippen molar-refractivity contribution in [3.63, 3.8) is 0 Å². The van der Waals surface area contributed by atoms with Crippen LogP contribution < -0.4 is 14.2 Å². The molecule has 0 saturated carbocycles. The molecule has 4 aromatic rings. The van der Waals surface area contributed by atoms with Crippen molar-refractivity contribution >= 4 is 69.6 Å². The van der Waals surface area contributed by atoms with Gasteiger partial charge in [0, 0.05) is 38.3 Å². The van der Waals surface area contributed by atoms with Gasteiger partial charge in [-0.2, -0.15) is 0 Å². The highest BCUT2D eigenvalue weighted by atomic mass is 35.5. The fraction of sp³-hybridized carbons (Fsp3) is 0. The minimum absolute atomic E-state index is 0.0379. The number of phenols is 1. The molecule has 0 aliphatic carbocycles. The quantitative estimate of drug-likeness (QED) is 0.248.